The number of methoxy groups -OCH3 is 1. The van der Waals surface area contributed by atoms with Gasteiger partial charge < -0.3 is 13.8 Å². The highest BCUT2D eigenvalue weighted by Gasteiger charge is 2.13. The molecule has 0 saturated heterocycles. The molecule has 0 atom stereocenters. The van der Waals surface area contributed by atoms with Crippen LogP contribution in [0, 0.1) is 26.6 Å². The van der Waals surface area contributed by atoms with E-state index in [2.05, 4.69) is 26.6 Å². The minimum Gasteiger partial charge on any atom is -0.383 e. The van der Waals surface area contributed by atoms with Crippen molar-refractivity contribution in [3.8, 4) is 11.4 Å². The molecule has 3 aromatic rings. The van der Waals surface area contributed by atoms with Gasteiger partial charge in [0.25, 0.3) is 0 Å². The molecule has 0 aliphatic heterocycles. The summed E-state index contributed by atoms with van der Waals surface area (Å²) in [4.78, 5) is 9.03. The van der Waals surface area contributed by atoms with Gasteiger partial charge in [-0.1, -0.05) is 29.1 Å². The van der Waals surface area contributed by atoms with Crippen molar-refractivity contribution in [3.63, 3.8) is 0 Å². The van der Waals surface area contributed by atoms with E-state index in [1.165, 1.54) is 11.8 Å². The molecule has 28 heavy (non-hydrogen) atoms. The highest BCUT2D eigenvalue weighted by Crippen LogP contribution is 2.23. The fourth-order valence-electron chi connectivity index (χ4n) is 2.77. The molecule has 2 heterocycles. The van der Waals surface area contributed by atoms with Gasteiger partial charge in [0.2, 0.25) is 11.7 Å². The molecule has 3 rings (SSSR count). The first-order chi connectivity index (χ1) is 13.5. The van der Waals surface area contributed by atoms with Gasteiger partial charge in [-0.25, -0.2) is 9.37 Å². The molecular weight excluding hydrogens is 379 g/mol. The quantitative estimate of drug-likeness (QED) is 0.390. The van der Waals surface area contributed by atoms with Gasteiger partial charge in [0.05, 0.1) is 12.3 Å². The summed E-state index contributed by atoms with van der Waals surface area (Å²) in [5.74, 6) is 1.60. The zero-order valence-corrected chi connectivity index (χ0v) is 17.5. The number of halogens is 1. The second-order valence-electron chi connectivity index (χ2n) is 6.64. The number of thioether (sulfide) groups is 1. The lowest BCUT2D eigenvalue weighted by Crippen LogP contribution is -2.07. The van der Waals surface area contributed by atoms with Gasteiger partial charge in [0, 0.05) is 37.1 Å². The Bertz CT molecular complexity index is 938. The Balaban J connectivity index is 1.54. The number of hydrogen-bond acceptors (Lipinski definition) is 6. The number of nitrogens with zero attached hydrogens (tertiary/aromatic N) is 4. The van der Waals surface area contributed by atoms with Crippen LogP contribution in [-0.4, -0.2) is 39.2 Å². The first-order valence-corrected chi connectivity index (χ1v) is 10.2. The van der Waals surface area contributed by atoms with E-state index in [4.69, 9.17) is 9.26 Å². The van der Waals surface area contributed by atoms with Crippen LogP contribution in [0.3, 0.4) is 0 Å². The van der Waals surface area contributed by atoms with Crippen LogP contribution in [0.5, 0.6) is 0 Å². The lowest BCUT2D eigenvalue weighted by Gasteiger charge is -2.08. The maximum absolute atomic E-state index is 13.7. The van der Waals surface area contributed by atoms with Gasteiger partial charge in [0.1, 0.15) is 5.82 Å². The molecule has 0 aliphatic carbocycles. The van der Waals surface area contributed by atoms with E-state index in [1.807, 2.05) is 6.92 Å². The molecule has 0 radical (unpaired) electrons. The summed E-state index contributed by atoms with van der Waals surface area (Å²) in [7, 11) is 1.70. The Kier molecular flexibility index (Phi) is 6.85. The van der Waals surface area contributed by atoms with Crippen LogP contribution in [0.1, 0.15) is 29.3 Å². The van der Waals surface area contributed by atoms with Gasteiger partial charge in [-0.05, 0) is 38.8 Å². The van der Waals surface area contributed by atoms with E-state index >= 15 is 0 Å². The number of imidazole rings is 1. The van der Waals surface area contributed by atoms with Crippen molar-refractivity contribution in [3.05, 3.63) is 46.9 Å². The molecule has 1 aromatic carbocycles. The van der Waals surface area contributed by atoms with Crippen molar-refractivity contribution in [2.45, 2.75) is 45.3 Å². The minimum absolute atomic E-state index is 0.269. The van der Waals surface area contributed by atoms with E-state index in [0.717, 1.165) is 29.6 Å². The van der Waals surface area contributed by atoms with Crippen LogP contribution in [0.4, 0.5) is 4.39 Å². The monoisotopic (exact) mass is 404 g/mol. The molecule has 0 fully saturated rings. The third kappa shape index (κ3) is 4.80. The lowest BCUT2D eigenvalue weighted by atomic mass is 10.1. The maximum Gasteiger partial charge on any atom is 0.226 e. The third-order valence-electron chi connectivity index (χ3n) is 4.61. The number of rotatable bonds is 9. The fourth-order valence-corrected chi connectivity index (χ4v) is 3.83. The van der Waals surface area contributed by atoms with Crippen molar-refractivity contribution in [1.82, 2.24) is 19.7 Å². The highest BCUT2D eigenvalue weighted by molar-refractivity contribution is 7.99. The maximum atomic E-state index is 13.7. The zero-order chi connectivity index (χ0) is 20.1. The van der Waals surface area contributed by atoms with Crippen LogP contribution < -0.4 is 0 Å². The summed E-state index contributed by atoms with van der Waals surface area (Å²) in [5, 5.41) is 4.97. The van der Waals surface area contributed by atoms with Gasteiger partial charge in [0.15, 0.2) is 5.16 Å². The van der Waals surface area contributed by atoms with E-state index in [9.17, 15) is 4.39 Å². The normalized spacial score (nSPS) is 11.3. The molecule has 2 aromatic heterocycles. The number of aromatic nitrogens is 4. The van der Waals surface area contributed by atoms with Gasteiger partial charge in [-0.3, -0.25) is 0 Å². The lowest BCUT2D eigenvalue weighted by molar-refractivity contribution is 0.184. The molecule has 6 nitrogen and oxygen atoms in total. The molecule has 150 valence electrons. The van der Waals surface area contributed by atoms with Crippen molar-refractivity contribution in [2.75, 3.05) is 19.5 Å². The summed E-state index contributed by atoms with van der Waals surface area (Å²) in [6.45, 7) is 7.29. The van der Waals surface area contributed by atoms with E-state index < -0.39 is 0 Å². The van der Waals surface area contributed by atoms with Crippen LogP contribution in [0.15, 0.2) is 27.9 Å². The molecule has 0 bridgehead atoms. The molecule has 0 amide bonds. The zero-order valence-electron chi connectivity index (χ0n) is 16.7. The Morgan fingerprint density at radius 2 is 2.04 bits per heavy atom. The molecule has 0 N–H and O–H groups in total. The second-order valence-corrected chi connectivity index (χ2v) is 7.70. The summed E-state index contributed by atoms with van der Waals surface area (Å²) in [6.07, 6.45) is 1.55. The van der Waals surface area contributed by atoms with E-state index in [1.54, 1.807) is 37.9 Å². The van der Waals surface area contributed by atoms with Crippen LogP contribution in [0.25, 0.3) is 11.4 Å². The average molecular weight is 405 g/mol. The minimum atomic E-state index is -0.269. The fraction of sp³-hybridized carbons (Fsp3) is 0.450. The average Bonchev–Trinajstić information content (AvgIpc) is 3.25. The van der Waals surface area contributed by atoms with Gasteiger partial charge in [-0.2, -0.15) is 4.98 Å². The standard InChI is InChI=1S/C20H25FN4O2S/c1-13-7-8-16(12-17(13)21)19-23-18(27-24-19)6-5-11-28-20-22-14(2)15(3)25(20)9-10-26-4/h7-8,12H,5-6,9-11H2,1-4H3. The molecule has 8 heteroatoms. The Morgan fingerprint density at radius 1 is 1.21 bits per heavy atom. The van der Waals surface area contributed by atoms with Crippen LogP contribution >= 0.6 is 11.8 Å². The molecular formula is C20H25FN4O2S. The first kappa shape index (κ1) is 20.5. The van der Waals surface area contributed by atoms with Crippen molar-refractivity contribution < 1.29 is 13.7 Å². The second kappa shape index (κ2) is 9.34. The molecule has 0 unspecified atom stereocenters. The predicted octanol–water partition coefficient (Wildman–Crippen LogP) is 4.37. The van der Waals surface area contributed by atoms with Gasteiger partial charge in [-0.15, -0.1) is 0 Å². The highest BCUT2D eigenvalue weighted by atomic mass is 32.2. The van der Waals surface area contributed by atoms with Crippen molar-refractivity contribution in [1.29, 1.82) is 0 Å². The summed E-state index contributed by atoms with van der Waals surface area (Å²) in [6, 6.07) is 4.95. The Hall–Kier alpha value is -2.19. The number of aryl methyl sites for hydroxylation is 3. The van der Waals surface area contributed by atoms with Crippen molar-refractivity contribution in [2.24, 2.45) is 0 Å². The summed E-state index contributed by atoms with van der Waals surface area (Å²) < 4.78 is 26.4. The first-order valence-electron chi connectivity index (χ1n) is 9.24. The summed E-state index contributed by atoms with van der Waals surface area (Å²) in [5.41, 5.74) is 3.44. The largest absolute Gasteiger partial charge is 0.383 e. The van der Waals surface area contributed by atoms with E-state index in [0.29, 0.717) is 35.9 Å². The Labute approximate surface area is 168 Å². The molecule has 0 aliphatic rings. The number of benzene rings is 1. The smallest absolute Gasteiger partial charge is 0.226 e. The SMILES string of the molecule is COCCn1c(SCCCc2nc(-c3ccc(C)c(F)c3)no2)nc(C)c1C. The van der Waals surface area contributed by atoms with Crippen LogP contribution in [-0.2, 0) is 17.7 Å². The predicted molar refractivity (Wildman–Crippen MR) is 107 cm³/mol. The van der Waals surface area contributed by atoms with Crippen LogP contribution in [0.2, 0.25) is 0 Å². The Morgan fingerprint density at radius 3 is 2.79 bits per heavy atom. The third-order valence-corrected chi connectivity index (χ3v) is 5.67. The summed E-state index contributed by atoms with van der Waals surface area (Å²) >= 11 is 1.72. The van der Waals surface area contributed by atoms with Crippen molar-refractivity contribution >= 4 is 11.8 Å². The molecule has 0 spiro atoms. The topological polar surface area (TPSA) is 66.0 Å². The molecule has 0 saturated carbocycles. The number of ether oxygens (including phenoxy) is 1. The van der Waals surface area contributed by atoms with Gasteiger partial charge >= 0.3 is 0 Å². The van der Waals surface area contributed by atoms with E-state index in [-0.39, 0.29) is 5.82 Å². The number of hydrogen-bond donors (Lipinski definition) is 0.